The van der Waals surface area contributed by atoms with Crippen molar-refractivity contribution in [3.63, 3.8) is 0 Å². The maximum Gasteiger partial charge on any atom is 0.255 e. The minimum absolute atomic E-state index is 0.174. The van der Waals surface area contributed by atoms with Crippen LogP contribution < -0.4 is 19.7 Å². The summed E-state index contributed by atoms with van der Waals surface area (Å²) in [6.07, 6.45) is 0. The highest BCUT2D eigenvalue weighted by molar-refractivity contribution is 6.05. The van der Waals surface area contributed by atoms with E-state index in [1.165, 1.54) is 0 Å². The predicted octanol–water partition coefficient (Wildman–Crippen LogP) is 3.88. The Kier molecular flexibility index (Phi) is 6.99. The van der Waals surface area contributed by atoms with Gasteiger partial charge in [0.15, 0.2) is 0 Å². The van der Waals surface area contributed by atoms with Crippen LogP contribution in [0.25, 0.3) is 0 Å². The van der Waals surface area contributed by atoms with Crippen LogP contribution in [-0.4, -0.2) is 56.7 Å². The summed E-state index contributed by atoms with van der Waals surface area (Å²) >= 11 is 0. The minimum Gasteiger partial charge on any atom is -0.497 e. The van der Waals surface area contributed by atoms with Gasteiger partial charge in [-0.2, -0.15) is 0 Å². The second-order valence-electron chi connectivity index (χ2n) is 7.41. The van der Waals surface area contributed by atoms with Gasteiger partial charge < -0.3 is 19.7 Å². The molecule has 1 fully saturated rings. The van der Waals surface area contributed by atoms with E-state index in [-0.39, 0.29) is 5.91 Å². The van der Waals surface area contributed by atoms with Gasteiger partial charge in [-0.1, -0.05) is 0 Å². The number of nitrogens with one attached hydrogen (secondary N) is 1. The molecule has 1 saturated heterocycles. The highest BCUT2D eigenvalue weighted by Gasteiger charge is 2.20. The molecule has 0 bridgehead atoms. The van der Waals surface area contributed by atoms with Crippen LogP contribution in [0, 0.1) is 0 Å². The van der Waals surface area contributed by atoms with Crippen LogP contribution in [0.15, 0.2) is 42.5 Å². The summed E-state index contributed by atoms with van der Waals surface area (Å²) < 4.78 is 11.0. The molecule has 1 heterocycles. The van der Waals surface area contributed by atoms with Gasteiger partial charge in [-0.3, -0.25) is 9.69 Å². The number of ether oxygens (including phenoxy) is 2. The lowest BCUT2D eigenvalue weighted by atomic mass is 10.1. The summed E-state index contributed by atoms with van der Waals surface area (Å²) in [5.74, 6) is 1.24. The number of rotatable bonds is 7. The fourth-order valence-electron chi connectivity index (χ4n) is 3.52. The first-order chi connectivity index (χ1) is 14.0. The maximum absolute atomic E-state index is 12.6. The van der Waals surface area contributed by atoms with Crippen LogP contribution in [0.3, 0.4) is 0 Å². The molecule has 1 N–H and O–H groups in total. The molecule has 0 radical (unpaired) electrons. The van der Waals surface area contributed by atoms with Gasteiger partial charge in [0, 0.05) is 49.5 Å². The van der Waals surface area contributed by atoms with Crippen molar-refractivity contribution in [1.82, 2.24) is 4.90 Å². The van der Waals surface area contributed by atoms with E-state index in [0.717, 1.165) is 37.6 Å². The quantitative estimate of drug-likeness (QED) is 0.769. The van der Waals surface area contributed by atoms with Crippen molar-refractivity contribution in [3.05, 3.63) is 48.0 Å². The standard InChI is InChI=1S/C23H31N3O3/c1-5-29-22-16-19(26-14-12-25(13-15-26)17(2)3)8-11-21(22)24-23(27)18-6-9-20(28-4)10-7-18/h6-11,16-17H,5,12-15H2,1-4H3,(H,24,27). The lowest BCUT2D eigenvalue weighted by molar-refractivity contribution is 0.102. The van der Waals surface area contributed by atoms with Gasteiger partial charge in [-0.25, -0.2) is 0 Å². The molecule has 29 heavy (non-hydrogen) atoms. The lowest BCUT2D eigenvalue weighted by Gasteiger charge is -2.38. The first kappa shape index (κ1) is 21.0. The summed E-state index contributed by atoms with van der Waals surface area (Å²) in [4.78, 5) is 17.5. The van der Waals surface area contributed by atoms with Crippen LogP contribution >= 0.6 is 0 Å². The van der Waals surface area contributed by atoms with Gasteiger partial charge >= 0.3 is 0 Å². The Bertz CT molecular complexity index is 813. The molecule has 0 aromatic heterocycles. The highest BCUT2D eigenvalue weighted by Crippen LogP contribution is 2.31. The molecule has 6 nitrogen and oxygen atoms in total. The molecule has 1 aliphatic rings. The van der Waals surface area contributed by atoms with E-state index in [1.54, 1.807) is 31.4 Å². The minimum atomic E-state index is -0.174. The van der Waals surface area contributed by atoms with E-state index in [1.807, 2.05) is 19.1 Å². The van der Waals surface area contributed by atoms with Gasteiger partial charge in [-0.05, 0) is 57.2 Å². The van der Waals surface area contributed by atoms with Crippen LogP contribution in [-0.2, 0) is 0 Å². The third-order valence-corrected chi connectivity index (χ3v) is 5.28. The summed E-state index contributed by atoms with van der Waals surface area (Å²) in [6, 6.07) is 13.6. The lowest BCUT2D eigenvalue weighted by Crippen LogP contribution is -2.48. The van der Waals surface area contributed by atoms with Gasteiger partial charge in [-0.15, -0.1) is 0 Å². The normalized spacial score (nSPS) is 14.7. The molecule has 6 heteroatoms. The Hall–Kier alpha value is -2.73. The largest absolute Gasteiger partial charge is 0.497 e. The monoisotopic (exact) mass is 397 g/mol. The molecule has 1 amide bonds. The number of carbonyl (C=O) groups is 1. The predicted molar refractivity (Wildman–Crippen MR) is 117 cm³/mol. The molecule has 2 aromatic carbocycles. The van der Waals surface area contributed by atoms with Gasteiger partial charge in [0.25, 0.3) is 5.91 Å². The average Bonchev–Trinajstić information content (AvgIpc) is 2.75. The van der Waals surface area contributed by atoms with E-state index in [2.05, 4.69) is 35.0 Å². The van der Waals surface area contributed by atoms with Gasteiger partial charge in [0.2, 0.25) is 0 Å². The van der Waals surface area contributed by atoms with Crippen molar-refractivity contribution >= 4 is 17.3 Å². The summed E-state index contributed by atoms with van der Waals surface area (Å²) in [6.45, 7) is 11.0. The zero-order chi connectivity index (χ0) is 20.8. The third kappa shape index (κ3) is 5.21. The van der Waals surface area contributed by atoms with Crippen molar-refractivity contribution in [2.45, 2.75) is 26.8 Å². The van der Waals surface area contributed by atoms with E-state index >= 15 is 0 Å². The first-order valence-electron chi connectivity index (χ1n) is 10.2. The number of hydrogen-bond acceptors (Lipinski definition) is 5. The number of nitrogens with zero attached hydrogens (tertiary/aromatic N) is 2. The Morgan fingerprint density at radius 2 is 1.76 bits per heavy atom. The van der Waals surface area contributed by atoms with Crippen molar-refractivity contribution in [3.8, 4) is 11.5 Å². The molecule has 0 saturated carbocycles. The summed E-state index contributed by atoms with van der Waals surface area (Å²) in [5, 5.41) is 2.97. The fraction of sp³-hybridized carbons (Fsp3) is 0.435. The third-order valence-electron chi connectivity index (χ3n) is 5.28. The first-order valence-corrected chi connectivity index (χ1v) is 10.2. The van der Waals surface area contributed by atoms with Crippen molar-refractivity contribution < 1.29 is 14.3 Å². The molecule has 2 aromatic rings. The smallest absolute Gasteiger partial charge is 0.255 e. The second-order valence-corrected chi connectivity index (χ2v) is 7.41. The molecule has 0 unspecified atom stereocenters. The molecule has 156 valence electrons. The van der Waals surface area contributed by atoms with E-state index in [9.17, 15) is 4.79 Å². The number of amides is 1. The van der Waals surface area contributed by atoms with Crippen LogP contribution in [0.4, 0.5) is 11.4 Å². The summed E-state index contributed by atoms with van der Waals surface area (Å²) in [7, 11) is 1.60. The molecule has 3 rings (SSSR count). The van der Waals surface area contributed by atoms with Gasteiger partial charge in [0.05, 0.1) is 19.4 Å². The number of hydrogen-bond donors (Lipinski definition) is 1. The maximum atomic E-state index is 12.6. The Morgan fingerprint density at radius 1 is 1.07 bits per heavy atom. The average molecular weight is 398 g/mol. The fourth-order valence-corrected chi connectivity index (χ4v) is 3.52. The number of piperazine rings is 1. The van der Waals surface area contributed by atoms with Crippen LogP contribution in [0.1, 0.15) is 31.1 Å². The molecule has 0 aliphatic carbocycles. The second kappa shape index (κ2) is 9.65. The molecule has 0 atom stereocenters. The van der Waals surface area contributed by atoms with E-state index in [4.69, 9.17) is 9.47 Å². The number of carbonyl (C=O) groups excluding carboxylic acids is 1. The Labute approximate surface area is 173 Å². The zero-order valence-electron chi connectivity index (χ0n) is 17.8. The highest BCUT2D eigenvalue weighted by atomic mass is 16.5. The Balaban J connectivity index is 1.73. The van der Waals surface area contributed by atoms with Crippen molar-refractivity contribution in [2.24, 2.45) is 0 Å². The molecule has 0 spiro atoms. The van der Waals surface area contributed by atoms with Crippen molar-refractivity contribution in [1.29, 1.82) is 0 Å². The molecular weight excluding hydrogens is 366 g/mol. The Morgan fingerprint density at radius 3 is 2.34 bits per heavy atom. The van der Waals surface area contributed by atoms with Crippen LogP contribution in [0.2, 0.25) is 0 Å². The van der Waals surface area contributed by atoms with E-state index in [0.29, 0.717) is 29.6 Å². The van der Waals surface area contributed by atoms with Gasteiger partial charge in [0.1, 0.15) is 11.5 Å². The van der Waals surface area contributed by atoms with Crippen LogP contribution in [0.5, 0.6) is 11.5 Å². The summed E-state index contributed by atoms with van der Waals surface area (Å²) in [5.41, 5.74) is 2.37. The van der Waals surface area contributed by atoms with Crippen molar-refractivity contribution in [2.75, 3.05) is 50.1 Å². The molecular formula is C23H31N3O3. The zero-order valence-corrected chi connectivity index (χ0v) is 17.8. The SMILES string of the molecule is CCOc1cc(N2CCN(C(C)C)CC2)ccc1NC(=O)c1ccc(OC)cc1. The molecule has 1 aliphatic heterocycles. The topological polar surface area (TPSA) is 54.0 Å². The number of methoxy groups -OCH3 is 1. The number of benzene rings is 2. The number of anilines is 2. The van der Waals surface area contributed by atoms with E-state index < -0.39 is 0 Å².